The van der Waals surface area contributed by atoms with Gasteiger partial charge >= 0.3 is 5.97 Å². The van der Waals surface area contributed by atoms with Crippen LogP contribution in [0, 0.1) is 24.2 Å². The molecule has 0 atom stereocenters. The van der Waals surface area contributed by atoms with Gasteiger partial charge in [-0.25, -0.2) is 13.4 Å². The first kappa shape index (κ1) is 25.1. The van der Waals surface area contributed by atoms with E-state index in [9.17, 15) is 23.3 Å². The summed E-state index contributed by atoms with van der Waals surface area (Å²) in [7, 11) is -4.16. The van der Waals surface area contributed by atoms with E-state index in [0.29, 0.717) is 38.2 Å². The van der Waals surface area contributed by atoms with Gasteiger partial charge in [-0.2, -0.15) is 5.26 Å². The van der Waals surface area contributed by atoms with Crippen molar-refractivity contribution in [2.24, 2.45) is 5.92 Å². The molecule has 0 amide bonds. The highest BCUT2D eigenvalue weighted by Crippen LogP contribution is 2.28. The molecule has 1 fully saturated rings. The van der Waals surface area contributed by atoms with Gasteiger partial charge in [-0.05, 0) is 56.5 Å². The second kappa shape index (κ2) is 10.3. The lowest BCUT2D eigenvalue weighted by Crippen LogP contribution is -2.39. The first-order chi connectivity index (χ1) is 17.3. The normalized spacial score (nSPS) is 15.0. The average Bonchev–Trinajstić information content (AvgIpc) is 2.89. The summed E-state index contributed by atoms with van der Waals surface area (Å²) in [5.41, 5.74) is 0.725. The molecule has 0 saturated carbocycles. The number of rotatable bonds is 6. The number of piperidine rings is 1. The standard InChI is InChI=1S/C26H26N4O5S/c1-3-35-26(32)19-11-14-29(15-12-19)24-22(25(31)30-13-7-8-18(2)23(30)28-24)16-21(17-27)36(33,34)20-9-5-4-6-10-20/h4-10,13,16,19H,3,11-12,14-15H2,1-2H3. The van der Waals surface area contributed by atoms with Crippen molar-refractivity contribution in [1.82, 2.24) is 9.38 Å². The second-order valence-electron chi connectivity index (χ2n) is 8.49. The number of sulfone groups is 1. The molecule has 1 aliphatic rings. The van der Waals surface area contributed by atoms with Gasteiger partial charge in [0.1, 0.15) is 22.4 Å². The van der Waals surface area contributed by atoms with Crippen molar-refractivity contribution in [3.05, 3.63) is 75.0 Å². The van der Waals surface area contributed by atoms with Crippen molar-refractivity contribution in [3.63, 3.8) is 0 Å². The number of nitrogens with zero attached hydrogens (tertiary/aromatic N) is 4. The summed E-state index contributed by atoms with van der Waals surface area (Å²) in [5.74, 6) is -0.218. The van der Waals surface area contributed by atoms with Gasteiger partial charge in [0.15, 0.2) is 0 Å². The van der Waals surface area contributed by atoms with Crippen molar-refractivity contribution < 1.29 is 17.9 Å². The van der Waals surface area contributed by atoms with Crippen molar-refractivity contribution >= 4 is 33.3 Å². The van der Waals surface area contributed by atoms with E-state index in [4.69, 9.17) is 9.72 Å². The minimum atomic E-state index is -4.16. The zero-order valence-electron chi connectivity index (χ0n) is 20.0. The molecular formula is C26H26N4O5S. The molecule has 10 heteroatoms. The predicted octanol–water partition coefficient (Wildman–Crippen LogP) is 3.12. The van der Waals surface area contributed by atoms with Crippen LogP contribution in [-0.4, -0.2) is 43.5 Å². The molecule has 36 heavy (non-hydrogen) atoms. The molecule has 0 N–H and O–H groups in total. The average molecular weight is 507 g/mol. The number of esters is 1. The van der Waals surface area contributed by atoms with Gasteiger partial charge in [-0.1, -0.05) is 24.3 Å². The number of aryl methyl sites for hydroxylation is 1. The van der Waals surface area contributed by atoms with Crippen LogP contribution < -0.4 is 10.5 Å². The Bertz CT molecular complexity index is 1530. The van der Waals surface area contributed by atoms with Gasteiger partial charge in [0.25, 0.3) is 5.56 Å². The first-order valence-corrected chi connectivity index (χ1v) is 13.1. The third-order valence-electron chi connectivity index (χ3n) is 6.21. The number of nitriles is 1. The van der Waals surface area contributed by atoms with Crippen LogP contribution in [0.5, 0.6) is 0 Å². The summed E-state index contributed by atoms with van der Waals surface area (Å²) < 4.78 is 32.9. The number of allylic oxidation sites excluding steroid dienone is 1. The Morgan fingerprint density at radius 2 is 1.89 bits per heavy atom. The summed E-state index contributed by atoms with van der Waals surface area (Å²) in [6, 6.07) is 12.9. The van der Waals surface area contributed by atoms with E-state index in [0.717, 1.165) is 11.6 Å². The maximum atomic E-state index is 13.6. The number of aromatic nitrogens is 2. The van der Waals surface area contributed by atoms with Gasteiger partial charge in [0, 0.05) is 19.3 Å². The fourth-order valence-corrected chi connectivity index (χ4v) is 5.45. The second-order valence-corrected chi connectivity index (χ2v) is 10.4. The third kappa shape index (κ3) is 4.75. The summed E-state index contributed by atoms with van der Waals surface area (Å²) in [4.78, 5) is 31.8. The van der Waals surface area contributed by atoms with Crippen LogP contribution in [0.1, 0.15) is 30.9 Å². The monoisotopic (exact) mass is 506 g/mol. The molecule has 1 saturated heterocycles. The molecule has 186 valence electrons. The SMILES string of the molecule is CCOC(=O)C1CCN(c2nc3c(C)cccn3c(=O)c2C=C(C#N)S(=O)(=O)c2ccccc2)CC1. The zero-order valence-corrected chi connectivity index (χ0v) is 20.9. The van der Waals surface area contributed by atoms with Gasteiger partial charge < -0.3 is 9.64 Å². The van der Waals surface area contributed by atoms with E-state index in [-0.39, 0.29) is 28.2 Å². The molecular weight excluding hydrogens is 480 g/mol. The topological polar surface area (TPSA) is 122 Å². The highest BCUT2D eigenvalue weighted by Gasteiger charge is 2.29. The molecule has 1 aliphatic heterocycles. The van der Waals surface area contributed by atoms with Crippen molar-refractivity contribution in [2.75, 3.05) is 24.6 Å². The lowest BCUT2D eigenvalue weighted by atomic mass is 9.96. The predicted molar refractivity (Wildman–Crippen MR) is 135 cm³/mol. The number of hydrogen-bond acceptors (Lipinski definition) is 8. The van der Waals surface area contributed by atoms with Crippen molar-refractivity contribution in [3.8, 4) is 6.07 Å². The summed E-state index contributed by atoms with van der Waals surface area (Å²) in [6.07, 6.45) is 3.68. The minimum Gasteiger partial charge on any atom is -0.466 e. The van der Waals surface area contributed by atoms with E-state index in [1.807, 2.05) is 17.9 Å². The highest BCUT2D eigenvalue weighted by atomic mass is 32.2. The summed E-state index contributed by atoms with van der Waals surface area (Å²) >= 11 is 0. The molecule has 1 aromatic carbocycles. The highest BCUT2D eigenvalue weighted by molar-refractivity contribution is 7.95. The van der Waals surface area contributed by atoms with Crippen LogP contribution in [0.4, 0.5) is 5.82 Å². The summed E-state index contributed by atoms with van der Waals surface area (Å²) in [6.45, 7) is 4.74. The number of carbonyl (C=O) groups is 1. The fraction of sp³-hybridized carbons (Fsp3) is 0.308. The number of hydrogen-bond donors (Lipinski definition) is 0. The number of benzene rings is 1. The Hall–Kier alpha value is -3.97. The Morgan fingerprint density at radius 3 is 2.53 bits per heavy atom. The van der Waals surface area contributed by atoms with Crippen molar-refractivity contribution in [2.45, 2.75) is 31.6 Å². The third-order valence-corrected chi connectivity index (χ3v) is 7.89. The van der Waals surface area contributed by atoms with Gasteiger partial charge in [-0.15, -0.1) is 0 Å². The molecule has 0 bridgehead atoms. The van der Waals surface area contributed by atoms with Crippen LogP contribution in [0.2, 0.25) is 0 Å². The Morgan fingerprint density at radius 1 is 1.19 bits per heavy atom. The minimum absolute atomic E-state index is 0.00346. The Kier molecular flexibility index (Phi) is 7.22. The summed E-state index contributed by atoms with van der Waals surface area (Å²) in [5, 5.41) is 9.79. The zero-order chi connectivity index (χ0) is 25.9. The van der Waals surface area contributed by atoms with E-state index < -0.39 is 20.3 Å². The van der Waals surface area contributed by atoms with E-state index in [1.165, 1.54) is 16.5 Å². The van der Waals surface area contributed by atoms with Gasteiger partial charge in [0.05, 0.1) is 23.0 Å². The number of fused-ring (bicyclic) bond motifs is 1. The molecule has 0 radical (unpaired) electrons. The maximum absolute atomic E-state index is 13.6. The number of ether oxygens (including phenoxy) is 1. The molecule has 0 aliphatic carbocycles. The lowest BCUT2D eigenvalue weighted by Gasteiger charge is -2.32. The van der Waals surface area contributed by atoms with Crippen LogP contribution in [0.25, 0.3) is 11.7 Å². The lowest BCUT2D eigenvalue weighted by molar-refractivity contribution is -0.148. The molecule has 4 rings (SSSR count). The van der Waals surface area contributed by atoms with E-state index in [2.05, 4.69) is 0 Å². The number of anilines is 1. The molecule has 2 aromatic heterocycles. The van der Waals surface area contributed by atoms with Crippen LogP contribution in [0.3, 0.4) is 0 Å². The maximum Gasteiger partial charge on any atom is 0.309 e. The van der Waals surface area contributed by atoms with Crippen LogP contribution in [-0.2, 0) is 19.4 Å². The Labute approximate surface area is 209 Å². The molecule has 9 nitrogen and oxygen atoms in total. The van der Waals surface area contributed by atoms with Crippen LogP contribution in [0.15, 0.2) is 63.3 Å². The molecule has 3 heterocycles. The molecule has 3 aromatic rings. The molecule has 0 spiro atoms. The first-order valence-electron chi connectivity index (χ1n) is 11.6. The largest absolute Gasteiger partial charge is 0.466 e. The molecule has 0 unspecified atom stereocenters. The smallest absolute Gasteiger partial charge is 0.309 e. The fourth-order valence-electron chi connectivity index (χ4n) is 4.28. The van der Waals surface area contributed by atoms with Crippen LogP contribution >= 0.6 is 0 Å². The number of carbonyl (C=O) groups excluding carboxylic acids is 1. The van der Waals surface area contributed by atoms with E-state index >= 15 is 0 Å². The Balaban J connectivity index is 1.85. The van der Waals surface area contributed by atoms with Gasteiger partial charge in [0.2, 0.25) is 9.84 Å². The van der Waals surface area contributed by atoms with E-state index in [1.54, 1.807) is 43.5 Å². The van der Waals surface area contributed by atoms with Crippen molar-refractivity contribution in [1.29, 1.82) is 5.26 Å². The van der Waals surface area contributed by atoms with Gasteiger partial charge in [-0.3, -0.25) is 14.0 Å². The number of pyridine rings is 1. The quantitative estimate of drug-likeness (QED) is 0.369.